The number of nitrogens with one attached hydrogen (secondary N) is 1. The van der Waals surface area contributed by atoms with Crippen LogP contribution in [0.2, 0.25) is 0 Å². The summed E-state index contributed by atoms with van der Waals surface area (Å²) in [6.07, 6.45) is 3.75. The van der Waals surface area contributed by atoms with Crippen molar-refractivity contribution < 1.29 is 0 Å². The first-order valence-electron chi connectivity index (χ1n) is 6.75. The molecule has 3 N–H and O–H groups in total. The Morgan fingerprint density at radius 2 is 2.19 bits per heavy atom. The topological polar surface area (TPSA) is 92.8 Å². The number of anilines is 2. The second-order valence-electron chi connectivity index (χ2n) is 5.12. The molecule has 0 spiro atoms. The first-order chi connectivity index (χ1) is 10.2. The number of H-pyrrole nitrogens is 1. The summed E-state index contributed by atoms with van der Waals surface area (Å²) in [5.74, 6) is 1.55. The van der Waals surface area contributed by atoms with E-state index in [2.05, 4.69) is 19.5 Å². The lowest BCUT2D eigenvalue weighted by Gasteiger charge is -2.28. The quantitative estimate of drug-likeness (QED) is 0.642. The molecule has 3 aromatic rings. The van der Waals surface area contributed by atoms with Gasteiger partial charge in [-0.15, -0.1) is 0 Å². The number of hydrogen-bond acceptors (Lipinski definition) is 5. The van der Waals surface area contributed by atoms with E-state index in [1.165, 1.54) is 0 Å². The second kappa shape index (κ2) is 4.34. The molecule has 0 saturated carbocycles. The van der Waals surface area contributed by atoms with Crippen molar-refractivity contribution in [1.82, 2.24) is 19.5 Å². The summed E-state index contributed by atoms with van der Waals surface area (Å²) in [5, 5.41) is 0.511. The van der Waals surface area contributed by atoms with Gasteiger partial charge in [0.25, 0.3) is 5.56 Å². The number of hydrogen-bond donors (Lipinski definition) is 2. The Hall–Kier alpha value is -2.83. The van der Waals surface area contributed by atoms with E-state index in [0.29, 0.717) is 29.1 Å². The Balaban J connectivity index is 1.78. The fraction of sp³-hybridized carbons (Fsp3) is 0.214. The molecule has 0 radical (unpaired) electrons. The van der Waals surface area contributed by atoms with E-state index in [1.807, 2.05) is 11.1 Å². The second-order valence-corrected chi connectivity index (χ2v) is 5.12. The van der Waals surface area contributed by atoms with Crippen LogP contribution in [0.4, 0.5) is 11.6 Å². The third-order valence-electron chi connectivity index (χ3n) is 3.76. The molecule has 7 heteroatoms. The summed E-state index contributed by atoms with van der Waals surface area (Å²) >= 11 is 0. The molecule has 0 atom stereocenters. The number of benzene rings is 1. The molecule has 0 unspecified atom stereocenters. The molecule has 21 heavy (non-hydrogen) atoms. The lowest BCUT2D eigenvalue weighted by molar-refractivity contribution is 0.552. The van der Waals surface area contributed by atoms with Crippen LogP contribution in [0.1, 0.15) is 5.82 Å². The minimum atomic E-state index is -0.170. The number of nitrogen functional groups attached to an aromatic ring is 1. The highest BCUT2D eigenvalue weighted by molar-refractivity contribution is 5.81. The fourth-order valence-corrected chi connectivity index (χ4v) is 2.65. The molecular formula is C14H14N6O. The Morgan fingerprint density at radius 1 is 1.29 bits per heavy atom. The van der Waals surface area contributed by atoms with E-state index in [9.17, 15) is 4.79 Å². The molecule has 3 heterocycles. The van der Waals surface area contributed by atoms with Crippen LogP contribution in [0.15, 0.2) is 35.4 Å². The molecule has 0 bridgehead atoms. The molecule has 1 aromatic carbocycles. The van der Waals surface area contributed by atoms with Gasteiger partial charge in [0, 0.05) is 31.2 Å². The van der Waals surface area contributed by atoms with Crippen molar-refractivity contribution in [2.24, 2.45) is 0 Å². The predicted molar refractivity (Wildman–Crippen MR) is 80.1 cm³/mol. The van der Waals surface area contributed by atoms with Gasteiger partial charge in [0.05, 0.1) is 17.4 Å². The van der Waals surface area contributed by atoms with Gasteiger partial charge in [-0.05, 0) is 18.2 Å². The van der Waals surface area contributed by atoms with Crippen molar-refractivity contribution in [3.63, 3.8) is 0 Å². The number of aromatic nitrogens is 4. The molecule has 7 nitrogen and oxygen atoms in total. The molecule has 0 saturated heterocycles. The molecule has 0 amide bonds. The minimum absolute atomic E-state index is 0.170. The highest BCUT2D eigenvalue weighted by Gasteiger charge is 2.19. The van der Waals surface area contributed by atoms with E-state index in [-0.39, 0.29) is 5.56 Å². The highest BCUT2D eigenvalue weighted by Crippen LogP contribution is 2.18. The van der Waals surface area contributed by atoms with Crippen LogP contribution in [0.5, 0.6) is 0 Å². The molecule has 4 rings (SSSR count). The predicted octanol–water partition coefficient (Wildman–Crippen LogP) is 0.722. The summed E-state index contributed by atoms with van der Waals surface area (Å²) in [4.78, 5) is 25.9. The van der Waals surface area contributed by atoms with Crippen LogP contribution in [0, 0.1) is 0 Å². The van der Waals surface area contributed by atoms with Gasteiger partial charge in [-0.2, -0.15) is 0 Å². The highest BCUT2D eigenvalue weighted by atomic mass is 16.1. The summed E-state index contributed by atoms with van der Waals surface area (Å²) in [7, 11) is 0. The van der Waals surface area contributed by atoms with Gasteiger partial charge in [-0.3, -0.25) is 9.78 Å². The zero-order chi connectivity index (χ0) is 14.4. The average Bonchev–Trinajstić information content (AvgIpc) is 2.95. The Labute approximate surface area is 120 Å². The van der Waals surface area contributed by atoms with Crippen LogP contribution < -0.4 is 16.2 Å². The van der Waals surface area contributed by atoms with E-state index in [0.717, 1.165) is 18.9 Å². The number of nitrogens with two attached hydrogens (primary N) is 1. The SMILES string of the molecule is Nc1ccc2nc(N3CCn4ccnc4C3)[nH]c(=O)c2c1. The van der Waals surface area contributed by atoms with Crippen molar-refractivity contribution in [3.05, 3.63) is 46.8 Å². The lowest BCUT2D eigenvalue weighted by Crippen LogP contribution is -2.35. The molecule has 0 fully saturated rings. The van der Waals surface area contributed by atoms with Gasteiger partial charge in [-0.1, -0.05) is 0 Å². The lowest BCUT2D eigenvalue weighted by atomic mass is 10.2. The zero-order valence-corrected chi connectivity index (χ0v) is 11.3. The minimum Gasteiger partial charge on any atom is -0.399 e. The maximum absolute atomic E-state index is 12.2. The standard InChI is InChI=1S/C14H14N6O/c15-9-1-2-11-10(7-9)13(21)18-14(17-11)20-6-5-19-4-3-16-12(19)8-20/h1-4,7H,5-6,8,15H2,(H,17,18,21). The van der Waals surface area contributed by atoms with Gasteiger partial charge in [0.2, 0.25) is 5.95 Å². The third kappa shape index (κ3) is 1.94. The largest absolute Gasteiger partial charge is 0.399 e. The van der Waals surface area contributed by atoms with E-state index in [1.54, 1.807) is 24.4 Å². The molecule has 2 aromatic heterocycles. The molecule has 1 aliphatic heterocycles. The monoisotopic (exact) mass is 282 g/mol. The summed E-state index contributed by atoms with van der Waals surface area (Å²) in [6.45, 7) is 2.25. The molecule has 1 aliphatic rings. The normalized spacial score (nSPS) is 14.4. The van der Waals surface area contributed by atoms with Gasteiger partial charge < -0.3 is 15.2 Å². The van der Waals surface area contributed by atoms with Crippen LogP contribution in [-0.2, 0) is 13.1 Å². The maximum Gasteiger partial charge on any atom is 0.260 e. The average molecular weight is 282 g/mol. The summed E-state index contributed by atoms with van der Waals surface area (Å²) in [5.41, 5.74) is 6.75. The van der Waals surface area contributed by atoms with Gasteiger partial charge >= 0.3 is 0 Å². The maximum atomic E-state index is 12.2. The van der Waals surface area contributed by atoms with Gasteiger partial charge in [0.15, 0.2) is 0 Å². The van der Waals surface area contributed by atoms with Crippen LogP contribution in [-0.4, -0.2) is 26.1 Å². The van der Waals surface area contributed by atoms with Crippen LogP contribution in [0.25, 0.3) is 10.9 Å². The first kappa shape index (κ1) is 12.0. The van der Waals surface area contributed by atoms with E-state index < -0.39 is 0 Å². The fourth-order valence-electron chi connectivity index (χ4n) is 2.65. The van der Waals surface area contributed by atoms with E-state index >= 15 is 0 Å². The Morgan fingerprint density at radius 3 is 3.10 bits per heavy atom. The molecular weight excluding hydrogens is 268 g/mol. The van der Waals surface area contributed by atoms with Crippen LogP contribution >= 0.6 is 0 Å². The zero-order valence-electron chi connectivity index (χ0n) is 11.3. The van der Waals surface area contributed by atoms with Crippen molar-refractivity contribution in [3.8, 4) is 0 Å². The summed E-state index contributed by atoms with van der Waals surface area (Å²) < 4.78 is 2.11. The molecule has 106 valence electrons. The van der Waals surface area contributed by atoms with Gasteiger partial charge in [-0.25, -0.2) is 9.97 Å². The number of aromatic amines is 1. The summed E-state index contributed by atoms with van der Waals surface area (Å²) in [6, 6.07) is 5.17. The first-order valence-corrected chi connectivity index (χ1v) is 6.75. The number of nitrogens with zero attached hydrogens (tertiary/aromatic N) is 4. The van der Waals surface area contributed by atoms with Crippen molar-refractivity contribution in [2.75, 3.05) is 17.2 Å². The number of imidazole rings is 1. The van der Waals surface area contributed by atoms with Crippen molar-refractivity contribution in [1.29, 1.82) is 0 Å². The Bertz CT molecular complexity index is 881. The van der Waals surface area contributed by atoms with E-state index in [4.69, 9.17) is 5.73 Å². The third-order valence-corrected chi connectivity index (χ3v) is 3.76. The number of rotatable bonds is 1. The van der Waals surface area contributed by atoms with Crippen molar-refractivity contribution >= 4 is 22.5 Å². The Kier molecular flexibility index (Phi) is 2.47. The number of fused-ring (bicyclic) bond motifs is 2. The van der Waals surface area contributed by atoms with Gasteiger partial charge in [0.1, 0.15) is 5.82 Å². The van der Waals surface area contributed by atoms with Crippen molar-refractivity contribution in [2.45, 2.75) is 13.1 Å². The smallest absolute Gasteiger partial charge is 0.260 e. The molecule has 0 aliphatic carbocycles. The van der Waals surface area contributed by atoms with Crippen LogP contribution in [0.3, 0.4) is 0 Å².